The summed E-state index contributed by atoms with van der Waals surface area (Å²) in [5.41, 5.74) is 0.395. The van der Waals surface area contributed by atoms with Crippen LogP contribution in [0.2, 0.25) is 0 Å². The zero-order chi connectivity index (χ0) is 13.8. The van der Waals surface area contributed by atoms with Crippen LogP contribution in [-0.2, 0) is 0 Å². The standard InChI is InChI=1S/C14H16BrClFNO/c15-13-11(4-1-5-12(13)17)14(19)18-8-2-3-10(9-18)6-7-16/h1,4-5,10H,2-3,6-9H2. The van der Waals surface area contributed by atoms with Crippen LogP contribution in [0.3, 0.4) is 0 Å². The Morgan fingerprint density at radius 1 is 1.53 bits per heavy atom. The Bertz CT molecular complexity index is 467. The summed E-state index contributed by atoms with van der Waals surface area (Å²) in [6.45, 7) is 1.45. The van der Waals surface area contributed by atoms with Crippen LogP contribution in [0.4, 0.5) is 4.39 Å². The van der Waals surface area contributed by atoms with Crippen molar-refractivity contribution in [2.75, 3.05) is 19.0 Å². The number of carbonyl (C=O) groups is 1. The number of hydrogen-bond acceptors (Lipinski definition) is 1. The first-order valence-corrected chi connectivity index (χ1v) is 7.75. The van der Waals surface area contributed by atoms with Crippen LogP contribution in [0.1, 0.15) is 29.6 Å². The summed E-state index contributed by atoms with van der Waals surface area (Å²) in [6.07, 6.45) is 3.02. The molecule has 1 aliphatic heterocycles. The predicted molar refractivity (Wildman–Crippen MR) is 78.1 cm³/mol. The summed E-state index contributed by atoms with van der Waals surface area (Å²) in [4.78, 5) is 14.2. The molecule has 1 aromatic rings. The highest BCUT2D eigenvalue weighted by Gasteiger charge is 2.25. The van der Waals surface area contributed by atoms with Gasteiger partial charge in [-0.25, -0.2) is 4.39 Å². The fraction of sp³-hybridized carbons (Fsp3) is 0.500. The molecule has 0 aromatic heterocycles. The van der Waals surface area contributed by atoms with Gasteiger partial charge in [0.05, 0.1) is 10.0 Å². The highest BCUT2D eigenvalue weighted by molar-refractivity contribution is 9.10. The van der Waals surface area contributed by atoms with Crippen molar-refractivity contribution in [3.63, 3.8) is 0 Å². The molecule has 2 nitrogen and oxygen atoms in total. The van der Waals surface area contributed by atoms with Gasteiger partial charge in [-0.3, -0.25) is 4.79 Å². The van der Waals surface area contributed by atoms with Gasteiger partial charge in [0.2, 0.25) is 0 Å². The maximum absolute atomic E-state index is 13.5. The van der Waals surface area contributed by atoms with Gasteiger partial charge in [-0.15, -0.1) is 11.6 Å². The molecule has 1 atom stereocenters. The highest BCUT2D eigenvalue weighted by atomic mass is 79.9. The smallest absolute Gasteiger partial charge is 0.255 e. The lowest BCUT2D eigenvalue weighted by Gasteiger charge is -2.32. The molecule has 1 amide bonds. The summed E-state index contributed by atoms with van der Waals surface area (Å²) in [5, 5.41) is 0. The van der Waals surface area contributed by atoms with Crippen LogP contribution in [0, 0.1) is 11.7 Å². The number of carbonyl (C=O) groups excluding carboxylic acids is 1. The second-order valence-electron chi connectivity index (χ2n) is 4.84. The van der Waals surface area contributed by atoms with Crippen LogP contribution in [0.25, 0.3) is 0 Å². The van der Waals surface area contributed by atoms with E-state index in [0.29, 0.717) is 23.9 Å². The van der Waals surface area contributed by atoms with E-state index in [1.807, 2.05) is 0 Å². The fourth-order valence-electron chi connectivity index (χ4n) is 2.48. The van der Waals surface area contributed by atoms with Crippen LogP contribution >= 0.6 is 27.5 Å². The van der Waals surface area contributed by atoms with Crippen molar-refractivity contribution in [1.82, 2.24) is 4.90 Å². The van der Waals surface area contributed by atoms with Crippen LogP contribution in [0.5, 0.6) is 0 Å². The van der Waals surface area contributed by atoms with Crippen molar-refractivity contribution in [3.8, 4) is 0 Å². The van der Waals surface area contributed by atoms with Crippen molar-refractivity contribution < 1.29 is 9.18 Å². The van der Waals surface area contributed by atoms with Gasteiger partial charge in [0.15, 0.2) is 0 Å². The first kappa shape index (κ1) is 14.8. The maximum Gasteiger partial charge on any atom is 0.255 e. The molecule has 0 radical (unpaired) electrons. The summed E-state index contributed by atoms with van der Waals surface area (Å²) >= 11 is 8.91. The first-order chi connectivity index (χ1) is 9.13. The molecular weight excluding hydrogens is 333 g/mol. The average Bonchev–Trinajstić information content (AvgIpc) is 2.42. The van der Waals surface area contributed by atoms with Crippen molar-refractivity contribution in [2.45, 2.75) is 19.3 Å². The van der Waals surface area contributed by atoms with Crippen LogP contribution in [0.15, 0.2) is 22.7 Å². The molecule has 0 aliphatic carbocycles. The van der Waals surface area contributed by atoms with E-state index in [1.54, 1.807) is 17.0 Å². The quantitative estimate of drug-likeness (QED) is 0.754. The summed E-state index contributed by atoms with van der Waals surface area (Å²) in [6, 6.07) is 4.56. The number of hydrogen-bond donors (Lipinski definition) is 0. The lowest BCUT2D eigenvalue weighted by atomic mass is 9.95. The minimum Gasteiger partial charge on any atom is -0.338 e. The predicted octanol–water partition coefficient (Wildman–Crippen LogP) is 4.07. The molecule has 1 heterocycles. The molecule has 1 fully saturated rings. The number of nitrogens with zero attached hydrogens (tertiary/aromatic N) is 1. The normalized spacial score (nSPS) is 19.5. The zero-order valence-corrected chi connectivity index (χ0v) is 12.9. The van der Waals surface area contributed by atoms with E-state index in [2.05, 4.69) is 15.9 Å². The van der Waals surface area contributed by atoms with E-state index in [4.69, 9.17) is 11.6 Å². The van der Waals surface area contributed by atoms with Gasteiger partial charge in [-0.05, 0) is 53.2 Å². The number of likely N-dealkylation sites (tertiary alicyclic amines) is 1. The molecule has 0 saturated carbocycles. The SMILES string of the molecule is O=C(c1cccc(F)c1Br)N1CCCC(CCCl)C1. The highest BCUT2D eigenvalue weighted by Crippen LogP contribution is 2.25. The minimum absolute atomic E-state index is 0.106. The largest absolute Gasteiger partial charge is 0.338 e. The van der Waals surface area contributed by atoms with E-state index in [1.165, 1.54) is 6.07 Å². The lowest BCUT2D eigenvalue weighted by Crippen LogP contribution is -2.40. The molecule has 1 aliphatic rings. The van der Waals surface area contributed by atoms with E-state index >= 15 is 0 Å². The average molecular weight is 349 g/mol. The molecule has 1 aromatic carbocycles. The van der Waals surface area contributed by atoms with Gasteiger partial charge >= 0.3 is 0 Å². The van der Waals surface area contributed by atoms with Gasteiger partial charge in [-0.1, -0.05) is 6.07 Å². The first-order valence-electron chi connectivity index (χ1n) is 6.42. The Morgan fingerprint density at radius 2 is 2.32 bits per heavy atom. The van der Waals surface area contributed by atoms with Crippen molar-refractivity contribution in [2.24, 2.45) is 5.92 Å². The third kappa shape index (κ3) is 3.48. The summed E-state index contributed by atoms with van der Waals surface area (Å²) in [5.74, 6) is 0.574. The number of halogens is 3. The molecule has 0 bridgehead atoms. The monoisotopic (exact) mass is 347 g/mol. The van der Waals surface area contributed by atoms with Crippen molar-refractivity contribution >= 4 is 33.4 Å². The Labute approximate surface area is 126 Å². The molecular formula is C14H16BrClFNO. The molecule has 0 spiro atoms. The second kappa shape index (κ2) is 6.71. The third-order valence-electron chi connectivity index (χ3n) is 3.51. The molecule has 2 rings (SSSR count). The van der Waals surface area contributed by atoms with Gasteiger partial charge < -0.3 is 4.90 Å². The lowest BCUT2D eigenvalue weighted by molar-refractivity contribution is 0.0670. The van der Waals surface area contributed by atoms with Crippen LogP contribution in [-0.4, -0.2) is 29.8 Å². The van der Waals surface area contributed by atoms with E-state index in [9.17, 15) is 9.18 Å². The van der Waals surface area contributed by atoms with Gasteiger partial charge in [0.25, 0.3) is 5.91 Å². The second-order valence-corrected chi connectivity index (χ2v) is 6.01. The van der Waals surface area contributed by atoms with E-state index in [0.717, 1.165) is 25.8 Å². The van der Waals surface area contributed by atoms with Crippen molar-refractivity contribution in [3.05, 3.63) is 34.1 Å². The third-order valence-corrected chi connectivity index (χ3v) is 4.53. The van der Waals surface area contributed by atoms with Gasteiger partial charge in [0.1, 0.15) is 5.82 Å². The molecule has 5 heteroatoms. The Hall–Kier alpha value is -0.610. The topological polar surface area (TPSA) is 20.3 Å². The Balaban J connectivity index is 2.12. The van der Waals surface area contributed by atoms with E-state index < -0.39 is 5.82 Å². The molecule has 1 saturated heterocycles. The summed E-state index contributed by atoms with van der Waals surface area (Å²) < 4.78 is 13.7. The van der Waals surface area contributed by atoms with Gasteiger partial charge in [0, 0.05) is 19.0 Å². The Morgan fingerprint density at radius 3 is 3.05 bits per heavy atom. The fourth-order valence-corrected chi connectivity index (χ4v) is 3.22. The molecule has 19 heavy (non-hydrogen) atoms. The molecule has 1 unspecified atom stereocenters. The van der Waals surface area contributed by atoms with Crippen molar-refractivity contribution in [1.29, 1.82) is 0 Å². The number of rotatable bonds is 3. The Kier molecular flexibility index (Phi) is 5.22. The number of amides is 1. The molecule has 0 N–H and O–H groups in total. The number of piperidine rings is 1. The van der Waals surface area contributed by atoms with Gasteiger partial charge in [-0.2, -0.15) is 0 Å². The van der Waals surface area contributed by atoms with Crippen LogP contribution < -0.4 is 0 Å². The molecule has 104 valence electrons. The minimum atomic E-state index is -0.403. The summed E-state index contributed by atoms with van der Waals surface area (Å²) in [7, 11) is 0. The number of benzene rings is 1. The number of alkyl halides is 1. The van der Waals surface area contributed by atoms with E-state index in [-0.39, 0.29) is 10.4 Å². The zero-order valence-electron chi connectivity index (χ0n) is 10.5. The maximum atomic E-state index is 13.5.